The number of urea groups is 1. The van der Waals surface area contributed by atoms with Crippen LogP contribution in [0.4, 0.5) is 9.18 Å². The molecule has 0 aliphatic carbocycles. The Morgan fingerprint density at radius 1 is 1.32 bits per heavy atom. The number of nitrogens with one attached hydrogen (secondary N) is 1. The molecule has 3 amide bonds. The SMILES string of the molecule is Cc1nn(-c2ccc(F)cc2)c2sc(C(=O)OCC(=O)N3CCNC3=O)cc12. The minimum absolute atomic E-state index is 0.255. The molecule has 1 saturated heterocycles. The number of carbonyl (C=O) groups excluding carboxylic acids is 3. The number of nitrogens with zero attached hydrogens (tertiary/aromatic N) is 3. The molecule has 1 aromatic carbocycles. The fraction of sp³-hybridized carbons (Fsp3) is 0.222. The maximum Gasteiger partial charge on any atom is 0.348 e. The summed E-state index contributed by atoms with van der Waals surface area (Å²) in [6.07, 6.45) is 0. The maximum absolute atomic E-state index is 13.2. The summed E-state index contributed by atoms with van der Waals surface area (Å²) in [5, 5.41) is 7.71. The first-order chi connectivity index (χ1) is 13.4. The van der Waals surface area contributed by atoms with Gasteiger partial charge in [-0.05, 0) is 37.3 Å². The number of benzene rings is 1. The standard InChI is InChI=1S/C18H15FN4O4S/c1-10-13-8-14(17(25)27-9-15(24)22-7-6-20-18(22)26)28-16(13)23(21-10)12-4-2-11(19)3-5-12/h2-5,8H,6-7,9H2,1H3,(H,20,26). The van der Waals surface area contributed by atoms with Crippen LogP contribution in [0.3, 0.4) is 0 Å². The van der Waals surface area contributed by atoms with E-state index in [0.717, 1.165) is 21.6 Å². The van der Waals surface area contributed by atoms with Crippen LogP contribution in [0.2, 0.25) is 0 Å². The molecule has 1 fully saturated rings. The van der Waals surface area contributed by atoms with Crippen molar-refractivity contribution in [3.05, 3.63) is 46.7 Å². The van der Waals surface area contributed by atoms with Gasteiger partial charge in [0.15, 0.2) is 6.61 Å². The van der Waals surface area contributed by atoms with Crippen LogP contribution in [0.15, 0.2) is 30.3 Å². The van der Waals surface area contributed by atoms with Crippen molar-refractivity contribution in [1.82, 2.24) is 20.0 Å². The zero-order valence-electron chi connectivity index (χ0n) is 14.8. The van der Waals surface area contributed by atoms with Gasteiger partial charge in [0.25, 0.3) is 5.91 Å². The first kappa shape index (κ1) is 18.1. The topological polar surface area (TPSA) is 93.5 Å². The second kappa shape index (κ2) is 7.04. The largest absolute Gasteiger partial charge is 0.451 e. The van der Waals surface area contributed by atoms with E-state index in [2.05, 4.69) is 10.4 Å². The van der Waals surface area contributed by atoms with Gasteiger partial charge in [-0.15, -0.1) is 11.3 Å². The van der Waals surface area contributed by atoms with Gasteiger partial charge in [-0.2, -0.15) is 5.10 Å². The summed E-state index contributed by atoms with van der Waals surface area (Å²) in [4.78, 5) is 37.8. The van der Waals surface area contributed by atoms with Crippen LogP contribution in [0.25, 0.3) is 15.9 Å². The predicted octanol–water partition coefficient (Wildman–Crippen LogP) is 2.24. The van der Waals surface area contributed by atoms with Crippen molar-refractivity contribution in [3.8, 4) is 5.69 Å². The normalized spacial score (nSPS) is 13.8. The molecule has 0 unspecified atom stereocenters. The maximum atomic E-state index is 13.2. The highest BCUT2D eigenvalue weighted by Gasteiger charge is 2.27. The van der Waals surface area contributed by atoms with E-state index in [1.54, 1.807) is 29.8 Å². The van der Waals surface area contributed by atoms with Gasteiger partial charge >= 0.3 is 12.0 Å². The monoisotopic (exact) mass is 402 g/mol. The first-order valence-electron chi connectivity index (χ1n) is 8.44. The van der Waals surface area contributed by atoms with Crippen molar-refractivity contribution < 1.29 is 23.5 Å². The molecule has 2 aromatic heterocycles. The van der Waals surface area contributed by atoms with Gasteiger partial charge in [-0.3, -0.25) is 9.69 Å². The Labute approximate surface area is 162 Å². The average Bonchev–Trinajstić information content (AvgIpc) is 3.37. The summed E-state index contributed by atoms with van der Waals surface area (Å²) in [5.41, 5.74) is 1.37. The second-order valence-corrected chi connectivity index (χ2v) is 7.19. The summed E-state index contributed by atoms with van der Waals surface area (Å²) in [7, 11) is 0. The molecule has 1 aliphatic rings. The van der Waals surface area contributed by atoms with Gasteiger partial charge < -0.3 is 10.1 Å². The number of hydrogen-bond acceptors (Lipinski definition) is 6. The molecule has 3 aromatic rings. The van der Waals surface area contributed by atoms with E-state index < -0.39 is 24.5 Å². The van der Waals surface area contributed by atoms with Crippen molar-refractivity contribution in [2.75, 3.05) is 19.7 Å². The molecule has 4 rings (SSSR count). The van der Waals surface area contributed by atoms with Gasteiger partial charge in [-0.25, -0.2) is 18.7 Å². The Hall–Kier alpha value is -3.27. The van der Waals surface area contributed by atoms with Crippen LogP contribution < -0.4 is 5.32 Å². The molecule has 0 bridgehead atoms. The molecule has 3 heterocycles. The third kappa shape index (κ3) is 3.22. The number of aryl methyl sites for hydroxylation is 1. The molecule has 144 valence electrons. The highest BCUT2D eigenvalue weighted by Crippen LogP contribution is 2.30. The third-order valence-corrected chi connectivity index (χ3v) is 5.39. The highest BCUT2D eigenvalue weighted by molar-refractivity contribution is 7.20. The van der Waals surface area contributed by atoms with Crippen LogP contribution in [0, 0.1) is 12.7 Å². The van der Waals surface area contributed by atoms with Crippen molar-refractivity contribution in [2.24, 2.45) is 0 Å². The van der Waals surface area contributed by atoms with Gasteiger partial charge in [-0.1, -0.05) is 0 Å². The molecule has 0 atom stereocenters. The average molecular weight is 402 g/mol. The number of hydrogen-bond donors (Lipinski definition) is 1. The summed E-state index contributed by atoms with van der Waals surface area (Å²) >= 11 is 1.16. The van der Waals surface area contributed by atoms with E-state index >= 15 is 0 Å². The number of fused-ring (bicyclic) bond motifs is 1. The minimum Gasteiger partial charge on any atom is -0.451 e. The lowest BCUT2D eigenvalue weighted by Gasteiger charge is -2.11. The Kier molecular flexibility index (Phi) is 4.55. The summed E-state index contributed by atoms with van der Waals surface area (Å²) < 4.78 is 19.9. The molecule has 28 heavy (non-hydrogen) atoms. The van der Waals surface area contributed by atoms with Crippen molar-refractivity contribution in [1.29, 1.82) is 0 Å². The van der Waals surface area contributed by atoms with Crippen LogP contribution in [-0.4, -0.2) is 52.3 Å². The quantitative estimate of drug-likeness (QED) is 0.676. The minimum atomic E-state index is -0.654. The molecule has 8 nitrogen and oxygen atoms in total. The van der Waals surface area contributed by atoms with E-state index in [1.807, 2.05) is 0 Å². The Balaban J connectivity index is 1.53. The fourth-order valence-electron chi connectivity index (χ4n) is 2.89. The highest BCUT2D eigenvalue weighted by atomic mass is 32.1. The Bertz CT molecular complexity index is 1090. The number of imide groups is 1. The molecule has 1 aliphatic heterocycles. The van der Waals surface area contributed by atoms with Crippen molar-refractivity contribution in [2.45, 2.75) is 6.92 Å². The number of amides is 3. The van der Waals surface area contributed by atoms with Crippen LogP contribution in [-0.2, 0) is 9.53 Å². The van der Waals surface area contributed by atoms with Gasteiger partial charge in [0.2, 0.25) is 0 Å². The Morgan fingerprint density at radius 3 is 2.75 bits per heavy atom. The third-order valence-electron chi connectivity index (χ3n) is 4.30. The number of ether oxygens (including phenoxy) is 1. The van der Waals surface area contributed by atoms with E-state index in [-0.39, 0.29) is 12.4 Å². The van der Waals surface area contributed by atoms with E-state index in [0.29, 0.717) is 27.6 Å². The second-order valence-electron chi connectivity index (χ2n) is 6.16. The zero-order chi connectivity index (χ0) is 19.8. The number of esters is 1. The number of carbonyl (C=O) groups is 3. The number of aromatic nitrogens is 2. The lowest BCUT2D eigenvalue weighted by molar-refractivity contribution is -0.130. The fourth-order valence-corrected chi connectivity index (χ4v) is 3.97. The number of rotatable bonds is 4. The predicted molar refractivity (Wildman–Crippen MR) is 99.0 cm³/mol. The summed E-state index contributed by atoms with van der Waals surface area (Å²) in [6, 6.07) is 7.02. The number of halogens is 1. The van der Waals surface area contributed by atoms with E-state index in [1.165, 1.54) is 12.1 Å². The lowest BCUT2D eigenvalue weighted by Crippen LogP contribution is -2.37. The van der Waals surface area contributed by atoms with Crippen LogP contribution in [0.5, 0.6) is 0 Å². The van der Waals surface area contributed by atoms with E-state index in [9.17, 15) is 18.8 Å². The molecule has 1 N–H and O–H groups in total. The zero-order valence-corrected chi connectivity index (χ0v) is 15.6. The molecular weight excluding hydrogens is 387 g/mol. The van der Waals surface area contributed by atoms with Crippen molar-refractivity contribution in [3.63, 3.8) is 0 Å². The molecule has 0 saturated carbocycles. The van der Waals surface area contributed by atoms with Crippen molar-refractivity contribution >= 4 is 39.5 Å². The summed E-state index contributed by atoms with van der Waals surface area (Å²) in [6.45, 7) is 1.93. The van der Waals surface area contributed by atoms with Crippen LogP contribution in [0.1, 0.15) is 15.4 Å². The molecule has 0 radical (unpaired) electrons. The first-order valence-corrected chi connectivity index (χ1v) is 9.26. The van der Waals surface area contributed by atoms with Crippen LogP contribution >= 0.6 is 11.3 Å². The molecular formula is C18H15FN4O4S. The Morgan fingerprint density at radius 2 is 2.07 bits per heavy atom. The lowest BCUT2D eigenvalue weighted by atomic mass is 10.3. The van der Waals surface area contributed by atoms with Gasteiger partial charge in [0, 0.05) is 18.5 Å². The van der Waals surface area contributed by atoms with Gasteiger partial charge in [0.05, 0.1) is 11.4 Å². The summed E-state index contributed by atoms with van der Waals surface area (Å²) in [5.74, 6) is -1.58. The van der Waals surface area contributed by atoms with Gasteiger partial charge in [0.1, 0.15) is 15.5 Å². The number of thiophene rings is 1. The molecule has 10 heteroatoms. The molecule has 0 spiro atoms. The van der Waals surface area contributed by atoms with E-state index in [4.69, 9.17) is 4.74 Å². The smallest absolute Gasteiger partial charge is 0.348 e.